The number of aliphatic hydroxyl groups is 1. The summed E-state index contributed by atoms with van der Waals surface area (Å²) in [6.45, 7) is 3.40. The lowest BCUT2D eigenvalue weighted by atomic mass is 9.85. The number of nitrogens with zero attached hydrogens (tertiary/aromatic N) is 7. The van der Waals surface area contributed by atoms with E-state index in [9.17, 15) is 34.5 Å². The van der Waals surface area contributed by atoms with E-state index in [0.29, 0.717) is 24.2 Å². The highest BCUT2D eigenvalue weighted by molar-refractivity contribution is 5.97. The third-order valence-electron chi connectivity index (χ3n) is 7.83. The molecule has 268 valence electrons. The van der Waals surface area contributed by atoms with Crippen LogP contribution < -0.4 is 27.1 Å². The molecule has 2 amide bonds. The lowest BCUT2D eigenvalue weighted by molar-refractivity contribution is -0.192. The summed E-state index contributed by atoms with van der Waals surface area (Å²) in [5.74, 6) is -3.52. The van der Waals surface area contributed by atoms with Crippen molar-refractivity contribution in [2.75, 3.05) is 36.6 Å². The Balaban J connectivity index is 1.32. The van der Waals surface area contributed by atoms with Gasteiger partial charge in [-0.25, -0.2) is 20.2 Å². The van der Waals surface area contributed by atoms with Crippen LogP contribution in [0.15, 0.2) is 35.6 Å². The first-order chi connectivity index (χ1) is 23.7. The second-order valence-corrected chi connectivity index (χ2v) is 12.3. The van der Waals surface area contributed by atoms with E-state index in [-0.39, 0.29) is 54.8 Å². The van der Waals surface area contributed by atoms with E-state index in [1.54, 1.807) is 18.3 Å². The molecule has 1 unspecified atom stereocenters. The van der Waals surface area contributed by atoms with Crippen molar-refractivity contribution in [3.05, 3.63) is 41.7 Å². The fraction of sp³-hybridized carbons (Fsp3) is 0.452. The van der Waals surface area contributed by atoms with Crippen LogP contribution in [0.1, 0.15) is 55.6 Å². The number of rotatable bonds is 16. The van der Waals surface area contributed by atoms with E-state index in [0.717, 1.165) is 5.69 Å². The van der Waals surface area contributed by atoms with E-state index in [1.165, 1.54) is 23.4 Å². The Labute approximate surface area is 286 Å². The molecule has 1 saturated heterocycles. The molecule has 19 nitrogen and oxygen atoms in total. The molecule has 1 aliphatic heterocycles. The minimum absolute atomic E-state index is 0.00302. The molecule has 0 bridgehead atoms. The zero-order chi connectivity index (χ0) is 36.6. The molecule has 1 aliphatic rings. The third-order valence-corrected chi connectivity index (χ3v) is 7.83. The summed E-state index contributed by atoms with van der Waals surface area (Å²) in [6, 6.07) is 5.08. The van der Waals surface area contributed by atoms with Gasteiger partial charge in [-0.05, 0) is 43.0 Å². The predicted molar refractivity (Wildman–Crippen MR) is 180 cm³/mol. The molecule has 2 aromatic heterocycles. The number of carbonyl (C=O) groups is 4. The molecule has 3 heterocycles. The average molecular weight is 696 g/mol. The number of hydroxylamine groups is 2. The SMILES string of the molecule is CC(C)C[C@]1(/C=N/NC(=O)CC[C@H](NC(=O)c2ccc(N(C)Cc3cnc4nc(N)nc(N)c4n3)cc2)C(=O)O)CC(CO)ON1CC(=O)O. The van der Waals surface area contributed by atoms with Crippen LogP contribution >= 0.6 is 0 Å². The molecule has 9 N–H and O–H groups in total. The summed E-state index contributed by atoms with van der Waals surface area (Å²) in [7, 11) is 1.81. The van der Waals surface area contributed by atoms with Crippen LogP contribution in [0, 0.1) is 5.92 Å². The molecule has 50 heavy (non-hydrogen) atoms. The van der Waals surface area contributed by atoms with Gasteiger partial charge in [-0.2, -0.15) is 20.1 Å². The van der Waals surface area contributed by atoms with Gasteiger partial charge < -0.3 is 37.0 Å². The van der Waals surface area contributed by atoms with Crippen molar-refractivity contribution < 1.29 is 39.3 Å². The smallest absolute Gasteiger partial charge is 0.326 e. The van der Waals surface area contributed by atoms with Crippen LogP contribution in [0.4, 0.5) is 17.5 Å². The number of nitrogens with two attached hydrogens (primary N) is 2. The summed E-state index contributed by atoms with van der Waals surface area (Å²) < 4.78 is 0. The van der Waals surface area contributed by atoms with Crippen molar-refractivity contribution >= 4 is 58.6 Å². The van der Waals surface area contributed by atoms with Crippen molar-refractivity contribution in [3.8, 4) is 0 Å². The van der Waals surface area contributed by atoms with Gasteiger partial charge in [-0.15, -0.1) is 0 Å². The molecule has 3 aromatic rings. The highest BCUT2D eigenvalue weighted by Gasteiger charge is 2.47. The van der Waals surface area contributed by atoms with Gasteiger partial charge in [0.1, 0.15) is 18.7 Å². The van der Waals surface area contributed by atoms with E-state index >= 15 is 0 Å². The quantitative estimate of drug-likeness (QED) is 0.0775. The molecular formula is C31H41N11O8. The number of amides is 2. The number of aliphatic carboxylic acids is 2. The van der Waals surface area contributed by atoms with E-state index in [1.807, 2.05) is 25.8 Å². The third kappa shape index (κ3) is 9.55. The van der Waals surface area contributed by atoms with Gasteiger partial charge in [0.25, 0.3) is 5.91 Å². The molecular weight excluding hydrogens is 654 g/mol. The van der Waals surface area contributed by atoms with Gasteiger partial charge >= 0.3 is 11.9 Å². The number of hydrogen-bond donors (Lipinski definition) is 7. The number of hydrogen-bond acceptors (Lipinski definition) is 15. The number of carboxylic acid groups (broad SMARTS) is 2. The predicted octanol–water partition coefficient (Wildman–Crippen LogP) is 0.154. The lowest BCUT2D eigenvalue weighted by Gasteiger charge is -2.33. The van der Waals surface area contributed by atoms with Crippen LogP contribution in [-0.2, 0) is 25.8 Å². The molecule has 0 saturated carbocycles. The molecule has 4 rings (SSSR count). The number of nitrogen functional groups attached to an aromatic ring is 2. The number of hydrazone groups is 1. The monoisotopic (exact) mass is 695 g/mol. The fourth-order valence-corrected chi connectivity index (χ4v) is 5.61. The zero-order valence-electron chi connectivity index (χ0n) is 27.8. The van der Waals surface area contributed by atoms with Crippen molar-refractivity contribution in [3.63, 3.8) is 0 Å². The van der Waals surface area contributed by atoms with E-state index in [2.05, 4.69) is 35.8 Å². The maximum Gasteiger partial charge on any atom is 0.326 e. The van der Waals surface area contributed by atoms with Crippen LogP contribution in [0.5, 0.6) is 0 Å². The first-order valence-corrected chi connectivity index (χ1v) is 15.7. The van der Waals surface area contributed by atoms with Crippen molar-refractivity contribution in [2.45, 2.75) is 63.8 Å². The second kappa shape index (κ2) is 16.2. The van der Waals surface area contributed by atoms with Crippen molar-refractivity contribution in [1.29, 1.82) is 0 Å². The van der Waals surface area contributed by atoms with Crippen LogP contribution in [-0.4, -0.2) is 108 Å². The van der Waals surface area contributed by atoms with Gasteiger partial charge in [0, 0.05) is 37.4 Å². The average Bonchev–Trinajstić information content (AvgIpc) is 3.38. The number of nitrogens with one attached hydrogen (secondary N) is 2. The Morgan fingerprint density at radius 1 is 1.16 bits per heavy atom. The highest BCUT2D eigenvalue weighted by atomic mass is 16.7. The first-order valence-electron chi connectivity index (χ1n) is 15.7. The Bertz CT molecular complexity index is 1740. The van der Waals surface area contributed by atoms with Gasteiger partial charge in [0.2, 0.25) is 11.9 Å². The van der Waals surface area contributed by atoms with Crippen molar-refractivity contribution in [1.82, 2.24) is 35.7 Å². The molecule has 0 radical (unpaired) electrons. The number of fused-ring (bicyclic) bond motifs is 1. The highest BCUT2D eigenvalue weighted by Crippen LogP contribution is 2.35. The maximum atomic E-state index is 12.9. The number of benzene rings is 1. The van der Waals surface area contributed by atoms with Gasteiger partial charge in [-0.1, -0.05) is 13.8 Å². The number of aromatic nitrogens is 4. The Kier molecular flexibility index (Phi) is 12.1. The number of carboxylic acids is 2. The number of anilines is 3. The standard InChI is InChI=1S/C31H41N11O8/c1-17(2)10-31(11-21(15-43)50-42(31)14-24(45)46)16-35-40-23(44)9-8-22(29(48)49)37-28(47)18-4-6-20(7-5-18)41(3)13-19-12-34-27-25(36-19)26(32)38-30(33)39-27/h4-7,12,16-17,21-22,43H,8-11,13-15H2,1-3H3,(H,37,47)(H,40,44)(H,45,46)(H,48,49)(H4,32,33,34,38,39)/b35-16+/t21?,22-,31+/m0/s1. The lowest BCUT2D eigenvalue weighted by Crippen LogP contribution is -2.48. The first kappa shape index (κ1) is 37.3. The van der Waals surface area contributed by atoms with Gasteiger partial charge in [0.05, 0.1) is 30.6 Å². The summed E-state index contributed by atoms with van der Waals surface area (Å²) in [5, 5.41) is 36.4. The Morgan fingerprint density at radius 3 is 2.52 bits per heavy atom. The normalized spacial score (nSPS) is 18.4. The van der Waals surface area contributed by atoms with E-state index < -0.39 is 48.0 Å². The topological polar surface area (TPSA) is 285 Å². The summed E-state index contributed by atoms with van der Waals surface area (Å²) >= 11 is 0. The summed E-state index contributed by atoms with van der Waals surface area (Å²) in [6.07, 6.45) is 2.46. The minimum Gasteiger partial charge on any atom is -0.480 e. The fourth-order valence-electron chi connectivity index (χ4n) is 5.61. The zero-order valence-corrected chi connectivity index (χ0v) is 27.8. The second-order valence-electron chi connectivity index (χ2n) is 12.3. The number of aliphatic hydroxyl groups excluding tert-OH is 1. The van der Waals surface area contributed by atoms with Crippen molar-refractivity contribution in [2.24, 2.45) is 11.0 Å². The maximum absolute atomic E-state index is 12.9. The molecule has 0 spiro atoms. The molecule has 1 fully saturated rings. The van der Waals surface area contributed by atoms with Gasteiger partial charge in [0.15, 0.2) is 17.0 Å². The molecule has 1 aromatic carbocycles. The summed E-state index contributed by atoms with van der Waals surface area (Å²) in [4.78, 5) is 73.0. The number of carbonyl (C=O) groups excluding carboxylic acids is 2. The Morgan fingerprint density at radius 2 is 1.88 bits per heavy atom. The largest absolute Gasteiger partial charge is 0.480 e. The molecule has 19 heteroatoms. The minimum atomic E-state index is -1.37. The Hall–Kier alpha value is -5.53. The molecule has 3 atom stereocenters. The van der Waals surface area contributed by atoms with Crippen LogP contribution in [0.3, 0.4) is 0 Å². The van der Waals surface area contributed by atoms with Gasteiger partial charge in [-0.3, -0.25) is 19.2 Å². The van der Waals surface area contributed by atoms with Crippen LogP contribution in [0.2, 0.25) is 0 Å². The molecule has 0 aliphatic carbocycles. The summed E-state index contributed by atoms with van der Waals surface area (Å²) in [5.41, 5.74) is 15.0. The van der Waals surface area contributed by atoms with Crippen LogP contribution in [0.25, 0.3) is 11.2 Å². The van der Waals surface area contributed by atoms with E-state index in [4.69, 9.17) is 16.3 Å².